The maximum Gasteiger partial charge on any atom is 0.137 e. The summed E-state index contributed by atoms with van der Waals surface area (Å²) in [5.74, 6) is 0. The number of aryl methyl sites for hydroxylation is 1. The van der Waals surface area contributed by atoms with E-state index in [0.717, 1.165) is 43.4 Å². The number of H-pyrrole nitrogens is 1. The Morgan fingerprint density at radius 3 is 2.58 bits per heavy atom. The van der Waals surface area contributed by atoms with E-state index < -0.39 is 0 Å². The number of rotatable bonds is 3. The predicted octanol–water partition coefficient (Wildman–Crippen LogP) is 3.85. The van der Waals surface area contributed by atoms with E-state index in [1.54, 1.807) is 0 Å². The molecule has 5 heteroatoms. The molecular formula is C19H21ClN4. The molecule has 1 aliphatic rings. The second-order valence-corrected chi connectivity index (χ2v) is 6.80. The molecule has 1 fully saturated rings. The van der Waals surface area contributed by atoms with Crippen molar-refractivity contribution in [1.82, 2.24) is 14.9 Å². The van der Waals surface area contributed by atoms with Crippen LogP contribution in [0.2, 0.25) is 5.02 Å². The largest absolute Gasteiger partial charge is 0.369 e. The molecular weight excluding hydrogens is 320 g/mol. The fraction of sp³-hybridized carbons (Fsp3) is 0.316. The molecule has 24 heavy (non-hydrogen) atoms. The molecule has 0 spiro atoms. The molecule has 0 atom stereocenters. The van der Waals surface area contributed by atoms with Crippen molar-refractivity contribution in [2.45, 2.75) is 13.5 Å². The normalized spacial score (nSPS) is 16.0. The maximum atomic E-state index is 5.98. The molecule has 1 aromatic carbocycles. The number of hydrogen-bond acceptors (Lipinski definition) is 3. The summed E-state index contributed by atoms with van der Waals surface area (Å²) in [5.41, 5.74) is 4.85. The predicted molar refractivity (Wildman–Crippen MR) is 99.8 cm³/mol. The Labute approximate surface area is 147 Å². The van der Waals surface area contributed by atoms with Gasteiger partial charge in [0.05, 0.1) is 0 Å². The summed E-state index contributed by atoms with van der Waals surface area (Å²) < 4.78 is 0. The van der Waals surface area contributed by atoms with E-state index in [1.807, 2.05) is 24.4 Å². The molecule has 0 saturated carbocycles. The number of anilines is 1. The van der Waals surface area contributed by atoms with Crippen LogP contribution in [-0.2, 0) is 6.54 Å². The smallest absolute Gasteiger partial charge is 0.137 e. The van der Waals surface area contributed by atoms with Crippen molar-refractivity contribution in [1.29, 1.82) is 0 Å². The second kappa shape index (κ2) is 6.46. The van der Waals surface area contributed by atoms with Gasteiger partial charge in [0.25, 0.3) is 0 Å². The molecule has 0 unspecified atom stereocenters. The number of piperazine rings is 1. The highest BCUT2D eigenvalue weighted by Crippen LogP contribution is 2.24. The van der Waals surface area contributed by atoms with Crippen molar-refractivity contribution < 1.29 is 0 Å². The van der Waals surface area contributed by atoms with Crippen molar-refractivity contribution in [3.05, 3.63) is 58.9 Å². The number of pyridine rings is 1. The van der Waals surface area contributed by atoms with Crippen molar-refractivity contribution in [2.24, 2.45) is 0 Å². The van der Waals surface area contributed by atoms with Crippen LogP contribution in [0.15, 0.2) is 42.6 Å². The van der Waals surface area contributed by atoms with Gasteiger partial charge >= 0.3 is 0 Å². The first-order valence-electron chi connectivity index (χ1n) is 8.36. The quantitative estimate of drug-likeness (QED) is 0.786. The zero-order chi connectivity index (χ0) is 16.5. The van der Waals surface area contributed by atoms with E-state index >= 15 is 0 Å². The van der Waals surface area contributed by atoms with Gasteiger partial charge in [-0.25, -0.2) is 4.98 Å². The van der Waals surface area contributed by atoms with Gasteiger partial charge < -0.3 is 9.88 Å². The van der Waals surface area contributed by atoms with E-state index in [4.69, 9.17) is 11.6 Å². The molecule has 3 aromatic rings. The van der Waals surface area contributed by atoms with Gasteiger partial charge in [-0.1, -0.05) is 11.6 Å². The van der Waals surface area contributed by atoms with Crippen LogP contribution in [0.3, 0.4) is 0 Å². The van der Waals surface area contributed by atoms with Crippen LogP contribution in [-0.4, -0.2) is 41.0 Å². The lowest BCUT2D eigenvalue weighted by molar-refractivity contribution is 0.250. The Bertz CT molecular complexity index is 832. The highest BCUT2D eigenvalue weighted by atomic mass is 35.5. The van der Waals surface area contributed by atoms with Crippen molar-refractivity contribution >= 4 is 28.3 Å². The monoisotopic (exact) mass is 340 g/mol. The minimum Gasteiger partial charge on any atom is -0.369 e. The lowest BCUT2D eigenvalue weighted by Crippen LogP contribution is -2.46. The van der Waals surface area contributed by atoms with Crippen molar-refractivity contribution in [3.63, 3.8) is 0 Å². The van der Waals surface area contributed by atoms with Gasteiger partial charge in [-0.3, -0.25) is 4.90 Å². The Hall–Kier alpha value is -2.04. The summed E-state index contributed by atoms with van der Waals surface area (Å²) in [4.78, 5) is 12.8. The van der Waals surface area contributed by atoms with Crippen LogP contribution in [0.5, 0.6) is 0 Å². The summed E-state index contributed by atoms with van der Waals surface area (Å²) in [6.45, 7) is 7.33. The number of aromatic nitrogens is 2. The van der Waals surface area contributed by atoms with Crippen LogP contribution in [0.25, 0.3) is 11.0 Å². The minimum absolute atomic E-state index is 0.792. The molecule has 0 bridgehead atoms. The number of nitrogens with one attached hydrogen (secondary N) is 1. The highest BCUT2D eigenvalue weighted by Gasteiger charge is 2.19. The van der Waals surface area contributed by atoms with Crippen LogP contribution >= 0.6 is 11.6 Å². The maximum absolute atomic E-state index is 5.98. The molecule has 124 valence electrons. The summed E-state index contributed by atoms with van der Waals surface area (Å²) >= 11 is 5.98. The number of benzene rings is 1. The summed E-state index contributed by atoms with van der Waals surface area (Å²) in [5, 5.41) is 2.04. The van der Waals surface area contributed by atoms with Crippen LogP contribution in [0.4, 0.5) is 5.69 Å². The van der Waals surface area contributed by atoms with Crippen LogP contribution in [0.1, 0.15) is 11.3 Å². The lowest BCUT2D eigenvalue weighted by atomic mass is 10.1. The van der Waals surface area contributed by atoms with Gasteiger partial charge in [0.1, 0.15) is 5.65 Å². The number of hydrogen-bond donors (Lipinski definition) is 1. The molecule has 0 radical (unpaired) electrons. The lowest BCUT2D eigenvalue weighted by Gasteiger charge is -2.36. The third-order valence-corrected chi connectivity index (χ3v) is 5.09. The Kier molecular flexibility index (Phi) is 4.17. The molecule has 1 aliphatic heterocycles. The summed E-state index contributed by atoms with van der Waals surface area (Å²) in [6, 6.07) is 12.3. The first-order chi connectivity index (χ1) is 11.7. The fourth-order valence-corrected chi connectivity index (χ4v) is 3.57. The zero-order valence-electron chi connectivity index (χ0n) is 13.8. The van der Waals surface area contributed by atoms with Crippen LogP contribution < -0.4 is 4.90 Å². The SMILES string of the molecule is Cc1[nH]c2ncccc2c1CN1CCN(c2ccc(Cl)cc2)CC1. The van der Waals surface area contributed by atoms with Gasteiger partial charge in [-0.2, -0.15) is 0 Å². The van der Waals surface area contributed by atoms with Gasteiger partial charge in [0.15, 0.2) is 0 Å². The highest BCUT2D eigenvalue weighted by molar-refractivity contribution is 6.30. The molecule has 4 rings (SSSR count). The number of aromatic amines is 1. The molecule has 4 nitrogen and oxygen atoms in total. The van der Waals surface area contributed by atoms with Gasteiger partial charge in [-0.15, -0.1) is 0 Å². The standard InChI is InChI=1S/C19H21ClN4/c1-14-18(17-3-2-8-21-19(17)22-14)13-23-9-11-24(12-10-23)16-6-4-15(20)5-7-16/h2-8H,9-13H2,1H3,(H,21,22). The third kappa shape index (κ3) is 2.99. The Morgan fingerprint density at radius 2 is 1.83 bits per heavy atom. The van der Waals surface area contributed by atoms with Gasteiger partial charge in [0.2, 0.25) is 0 Å². The van der Waals surface area contributed by atoms with E-state index in [2.05, 4.69) is 44.9 Å². The molecule has 1 N–H and O–H groups in total. The minimum atomic E-state index is 0.792. The fourth-order valence-electron chi connectivity index (χ4n) is 3.45. The Morgan fingerprint density at radius 1 is 1.08 bits per heavy atom. The van der Waals surface area contributed by atoms with Crippen molar-refractivity contribution in [2.75, 3.05) is 31.1 Å². The topological polar surface area (TPSA) is 35.2 Å². The first-order valence-corrected chi connectivity index (χ1v) is 8.73. The molecule has 0 amide bonds. The molecule has 2 aromatic heterocycles. The summed E-state index contributed by atoms with van der Waals surface area (Å²) in [6.07, 6.45) is 1.84. The van der Waals surface area contributed by atoms with Gasteiger partial charge in [-0.05, 0) is 48.9 Å². The van der Waals surface area contributed by atoms with Gasteiger partial charge in [0, 0.05) is 60.7 Å². The zero-order valence-corrected chi connectivity index (χ0v) is 14.6. The molecule has 0 aliphatic carbocycles. The van der Waals surface area contributed by atoms with E-state index in [-0.39, 0.29) is 0 Å². The Balaban J connectivity index is 1.44. The average Bonchev–Trinajstić information content (AvgIpc) is 2.92. The number of halogens is 1. The van der Waals surface area contributed by atoms with E-state index in [9.17, 15) is 0 Å². The van der Waals surface area contributed by atoms with Crippen molar-refractivity contribution in [3.8, 4) is 0 Å². The average molecular weight is 341 g/mol. The van der Waals surface area contributed by atoms with E-state index in [1.165, 1.54) is 22.3 Å². The second-order valence-electron chi connectivity index (χ2n) is 6.37. The third-order valence-electron chi connectivity index (χ3n) is 4.84. The molecule has 1 saturated heterocycles. The molecule has 3 heterocycles. The number of nitrogens with zero attached hydrogens (tertiary/aromatic N) is 3. The van der Waals surface area contributed by atoms with Crippen LogP contribution in [0, 0.1) is 6.92 Å². The summed E-state index contributed by atoms with van der Waals surface area (Å²) in [7, 11) is 0. The van der Waals surface area contributed by atoms with E-state index in [0.29, 0.717) is 0 Å². The first kappa shape index (κ1) is 15.5. The number of fused-ring (bicyclic) bond motifs is 1.